The topological polar surface area (TPSA) is 103 Å². The van der Waals surface area contributed by atoms with Gasteiger partial charge in [0.1, 0.15) is 12.4 Å². The van der Waals surface area contributed by atoms with Gasteiger partial charge in [0, 0.05) is 11.6 Å². The van der Waals surface area contributed by atoms with Crippen molar-refractivity contribution in [1.82, 2.24) is 14.8 Å². The zero-order valence-electron chi connectivity index (χ0n) is 13.4. The molecule has 24 heavy (non-hydrogen) atoms. The number of rotatable bonds is 7. The number of nitrogens with zero attached hydrogens (tertiary/aromatic N) is 3. The molecule has 0 spiro atoms. The fourth-order valence-corrected chi connectivity index (χ4v) is 3.15. The molecule has 1 fully saturated rings. The summed E-state index contributed by atoms with van der Waals surface area (Å²) in [7, 11) is 0. The predicted octanol–water partition coefficient (Wildman–Crippen LogP) is 1.68. The van der Waals surface area contributed by atoms with Crippen molar-refractivity contribution in [2.24, 2.45) is 5.73 Å². The Hall–Kier alpha value is -2.35. The largest absolute Gasteiger partial charge is 0.368 e. The van der Waals surface area contributed by atoms with E-state index < -0.39 is 5.91 Å². The second kappa shape index (κ2) is 7.04. The van der Waals surface area contributed by atoms with Crippen LogP contribution < -0.4 is 11.1 Å². The van der Waals surface area contributed by atoms with E-state index in [4.69, 9.17) is 5.73 Å². The molecule has 1 aromatic carbocycles. The molecule has 2 amide bonds. The van der Waals surface area contributed by atoms with Crippen LogP contribution in [0.1, 0.15) is 30.1 Å². The third-order valence-corrected chi connectivity index (χ3v) is 4.60. The quantitative estimate of drug-likeness (QED) is 0.743. The van der Waals surface area contributed by atoms with Crippen molar-refractivity contribution >= 4 is 29.3 Å². The Bertz CT molecular complexity index is 770. The third-order valence-electron chi connectivity index (χ3n) is 3.64. The molecular weight excluding hydrogens is 326 g/mol. The summed E-state index contributed by atoms with van der Waals surface area (Å²) in [6, 6.07) is 7.61. The molecule has 0 bridgehead atoms. The highest BCUT2D eigenvalue weighted by molar-refractivity contribution is 7.99. The molecule has 0 unspecified atom stereocenters. The van der Waals surface area contributed by atoms with Crippen LogP contribution >= 0.6 is 11.8 Å². The first kappa shape index (κ1) is 16.5. The summed E-state index contributed by atoms with van der Waals surface area (Å²) >= 11 is 1.26. The lowest BCUT2D eigenvalue weighted by molar-refractivity contribution is -0.118. The van der Waals surface area contributed by atoms with Crippen LogP contribution in [0.3, 0.4) is 0 Å². The normalized spacial score (nSPS) is 13.7. The number of aromatic nitrogens is 3. The highest BCUT2D eigenvalue weighted by Gasteiger charge is 2.30. The fraction of sp³-hybridized carbons (Fsp3) is 0.375. The molecule has 3 rings (SSSR count). The number of thioether (sulfide) groups is 1. The van der Waals surface area contributed by atoms with Gasteiger partial charge in [0.05, 0.1) is 5.75 Å². The van der Waals surface area contributed by atoms with Gasteiger partial charge in [-0.3, -0.25) is 14.2 Å². The van der Waals surface area contributed by atoms with Crippen molar-refractivity contribution in [3.05, 3.63) is 35.7 Å². The highest BCUT2D eigenvalue weighted by Crippen LogP contribution is 2.39. The number of carbonyl (C=O) groups is 2. The summed E-state index contributed by atoms with van der Waals surface area (Å²) in [4.78, 5) is 23.4. The SMILES string of the molecule is Cc1cccc(NC(=O)CSc2nnc(C3CC3)n2CC(N)=O)c1. The zero-order valence-corrected chi connectivity index (χ0v) is 14.2. The smallest absolute Gasteiger partial charge is 0.237 e. The maximum Gasteiger partial charge on any atom is 0.237 e. The number of primary amides is 1. The van der Waals surface area contributed by atoms with Gasteiger partial charge in [0.15, 0.2) is 5.16 Å². The molecule has 0 aliphatic heterocycles. The van der Waals surface area contributed by atoms with Crippen LogP contribution in [0, 0.1) is 6.92 Å². The Morgan fingerprint density at radius 2 is 2.17 bits per heavy atom. The molecule has 126 valence electrons. The monoisotopic (exact) mass is 345 g/mol. The summed E-state index contributed by atoms with van der Waals surface area (Å²) in [5.41, 5.74) is 7.15. The van der Waals surface area contributed by atoms with Gasteiger partial charge in [-0.2, -0.15) is 0 Å². The van der Waals surface area contributed by atoms with Crippen molar-refractivity contribution in [1.29, 1.82) is 0 Å². The number of carbonyl (C=O) groups excluding carboxylic acids is 2. The number of benzene rings is 1. The van der Waals surface area contributed by atoms with Crippen LogP contribution in [-0.2, 0) is 16.1 Å². The molecule has 1 saturated carbocycles. The lowest BCUT2D eigenvalue weighted by Crippen LogP contribution is -2.21. The Kier molecular flexibility index (Phi) is 4.84. The summed E-state index contributed by atoms with van der Waals surface area (Å²) in [6.45, 7) is 2.01. The molecule has 2 aromatic rings. The minimum Gasteiger partial charge on any atom is -0.368 e. The number of nitrogens with two attached hydrogens (primary N) is 1. The summed E-state index contributed by atoms with van der Waals surface area (Å²) in [5.74, 6) is 0.757. The van der Waals surface area contributed by atoms with Gasteiger partial charge in [-0.1, -0.05) is 23.9 Å². The molecule has 1 aliphatic rings. The van der Waals surface area contributed by atoms with Crippen LogP contribution in [0.2, 0.25) is 0 Å². The third kappa shape index (κ3) is 4.14. The van der Waals surface area contributed by atoms with E-state index in [-0.39, 0.29) is 18.2 Å². The predicted molar refractivity (Wildman–Crippen MR) is 91.7 cm³/mol. The number of anilines is 1. The maximum absolute atomic E-state index is 12.1. The van der Waals surface area contributed by atoms with Crippen molar-refractivity contribution in [3.8, 4) is 0 Å². The second-order valence-electron chi connectivity index (χ2n) is 5.87. The number of hydrogen-bond donors (Lipinski definition) is 2. The maximum atomic E-state index is 12.1. The van der Waals surface area contributed by atoms with Crippen molar-refractivity contribution in [2.75, 3.05) is 11.1 Å². The van der Waals surface area contributed by atoms with Gasteiger partial charge < -0.3 is 11.1 Å². The van der Waals surface area contributed by atoms with E-state index in [1.807, 2.05) is 31.2 Å². The lowest BCUT2D eigenvalue weighted by Gasteiger charge is -2.08. The first-order chi connectivity index (χ1) is 11.5. The average Bonchev–Trinajstić information content (AvgIpc) is 3.28. The number of aryl methyl sites for hydroxylation is 1. The van der Waals surface area contributed by atoms with Crippen LogP contribution in [0.4, 0.5) is 5.69 Å². The van der Waals surface area contributed by atoms with E-state index in [1.165, 1.54) is 11.8 Å². The van der Waals surface area contributed by atoms with Crippen molar-refractivity contribution in [3.63, 3.8) is 0 Å². The molecule has 1 heterocycles. The van der Waals surface area contributed by atoms with Gasteiger partial charge in [0.25, 0.3) is 0 Å². The van der Waals surface area contributed by atoms with Crippen molar-refractivity contribution in [2.45, 2.75) is 37.4 Å². The molecule has 1 aromatic heterocycles. The van der Waals surface area contributed by atoms with Gasteiger partial charge in [-0.25, -0.2) is 0 Å². The molecule has 0 saturated heterocycles. The first-order valence-electron chi connectivity index (χ1n) is 7.73. The molecule has 3 N–H and O–H groups in total. The fourth-order valence-electron chi connectivity index (χ4n) is 2.40. The van der Waals surface area contributed by atoms with E-state index in [1.54, 1.807) is 4.57 Å². The number of nitrogens with one attached hydrogen (secondary N) is 1. The Morgan fingerprint density at radius 1 is 1.38 bits per heavy atom. The molecule has 0 radical (unpaired) electrons. The Morgan fingerprint density at radius 3 is 2.83 bits per heavy atom. The molecule has 1 aliphatic carbocycles. The van der Waals surface area contributed by atoms with Crippen LogP contribution in [0.25, 0.3) is 0 Å². The van der Waals surface area contributed by atoms with Crippen LogP contribution in [-0.4, -0.2) is 32.3 Å². The van der Waals surface area contributed by atoms with E-state index in [0.717, 1.165) is 29.9 Å². The highest BCUT2D eigenvalue weighted by atomic mass is 32.2. The summed E-state index contributed by atoms with van der Waals surface area (Å²) in [5, 5.41) is 11.7. The Balaban J connectivity index is 1.63. The van der Waals surface area contributed by atoms with Gasteiger partial charge in [0.2, 0.25) is 11.8 Å². The van der Waals surface area contributed by atoms with Gasteiger partial charge in [-0.15, -0.1) is 10.2 Å². The number of amides is 2. The van der Waals surface area contributed by atoms with E-state index >= 15 is 0 Å². The van der Waals surface area contributed by atoms with E-state index in [9.17, 15) is 9.59 Å². The lowest BCUT2D eigenvalue weighted by atomic mass is 10.2. The van der Waals surface area contributed by atoms with Crippen molar-refractivity contribution < 1.29 is 9.59 Å². The van der Waals surface area contributed by atoms with E-state index in [2.05, 4.69) is 15.5 Å². The number of hydrogen-bond acceptors (Lipinski definition) is 5. The minimum atomic E-state index is -0.442. The Labute approximate surface area is 144 Å². The zero-order chi connectivity index (χ0) is 17.1. The standard InChI is InChI=1S/C16H19N5O2S/c1-10-3-2-4-12(7-10)18-14(23)9-24-16-20-19-15(11-5-6-11)21(16)8-13(17)22/h2-4,7,11H,5-6,8-9H2,1H3,(H2,17,22)(H,18,23). The molecule has 0 atom stereocenters. The van der Waals surface area contributed by atoms with Crippen LogP contribution in [0.15, 0.2) is 29.4 Å². The summed E-state index contributed by atoms with van der Waals surface area (Å²) in [6.07, 6.45) is 2.10. The van der Waals surface area contributed by atoms with Gasteiger partial charge in [-0.05, 0) is 37.5 Å². The second-order valence-corrected chi connectivity index (χ2v) is 6.82. The molecular formula is C16H19N5O2S. The molecule has 7 nitrogen and oxygen atoms in total. The van der Waals surface area contributed by atoms with E-state index in [0.29, 0.717) is 11.1 Å². The van der Waals surface area contributed by atoms with Gasteiger partial charge >= 0.3 is 0 Å². The first-order valence-corrected chi connectivity index (χ1v) is 8.72. The minimum absolute atomic E-state index is 0.0423. The average molecular weight is 345 g/mol. The van der Waals surface area contributed by atoms with Crippen LogP contribution in [0.5, 0.6) is 0 Å². The summed E-state index contributed by atoms with van der Waals surface area (Å²) < 4.78 is 1.73. The molecule has 8 heteroatoms.